The maximum Gasteiger partial charge on any atom is 0.206 e. The van der Waals surface area contributed by atoms with E-state index in [2.05, 4.69) is 19.9 Å². The van der Waals surface area contributed by atoms with Crippen molar-refractivity contribution in [3.8, 4) is 45.6 Å². The highest BCUT2D eigenvalue weighted by atomic mass is 32.2. The predicted octanol–water partition coefficient (Wildman–Crippen LogP) is 6.65. The van der Waals surface area contributed by atoms with Gasteiger partial charge >= 0.3 is 0 Å². The molecule has 8 rings (SSSR count). The highest BCUT2D eigenvalue weighted by Gasteiger charge is 2.23. The van der Waals surface area contributed by atoms with E-state index in [9.17, 15) is 8.42 Å². The molecule has 0 aliphatic carbocycles. The Morgan fingerprint density at radius 1 is 0.362 bits per heavy atom. The van der Waals surface area contributed by atoms with E-state index in [1.54, 1.807) is 36.9 Å². The third-order valence-electron chi connectivity index (χ3n) is 7.52. The summed E-state index contributed by atoms with van der Waals surface area (Å²) in [6.45, 7) is 0. The average Bonchev–Trinajstić information content (AvgIpc) is 3.14. The monoisotopic (exact) mass is 630 g/mol. The summed E-state index contributed by atoms with van der Waals surface area (Å²) in [7, 11) is -3.99. The van der Waals surface area contributed by atoms with Crippen molar-refractivity contribution in [2.75, 3.05) is 0 Å². The smallest absolute Gasteiger partial charge is 0.206 e. The van der Waals surface area contributed by atoms with Gasteiger partial charge in [0.05, 0.1) is 54.6 Å². The van der Waals surface area contributed by atoms with Gasteiger partial charge in [0.15, 0.2) is 0 Å². The number of fused-ring (bicyclic) bond motifs is 2. The summed E-state index contributed by atoms with van der Waals surface area (Å²) in [6, 6.07) is 31.6. The van der Waals surface area contributed by atoms with Crippen LogP contribution in [0.3, 0.4) is 0 Å². The molecular weight excluding hydrogens is 609 g/mol. The third kappa shape index (κ3) is 5.24. The molecule has 10 nitrogen and oxygen atoms in total. The lowest BCUT2D eigenvalue weighted by atomic mass is 10.1. The molecule has 0 saturated carbocycles. The van der Waals surface area contributed by atoms with Crippen LogP contribution in [0, 0.1) is 0 Å². The Morgan fingerprint density at radius 2 is 0.681 bits per heavy atom. The van der Waals surface area contributed by atoms with Crippen molar-refractivity contribution in [2.45, 2.75) is 9.79 Å². The lowest BCUT2D eigenvalue weighted by Crippen LogP contribution is -2.04. The van der Waals surface area contributed by atoms with Gasteiger partial charge in [0.25, 0.3) is 0 Å². The maximum absolute atomic E-state index is 14.1. The van der Waals surface area contributed by atoms with Crippen LogP contribution in [0.5, 0.6) is 0 Å². The van der Waals surface area contributed by atoms with Crippen molar-refractivity contribution in [3.05, 3.63) is 134 Å². The molecule has 0 aliphatic rings. The summed E-state index contributed by atoms with van der Waals surface area (Å²) < 4.78 is 28.1. The number of pyridine rings is 4. The van der Waals surface area contributed by atoms with Gasteiger partial charge in [-0.25, -0.2) is 28.4 Å². The minimum atomic E-state index is -3.99. The predicted molar refractivity (Wildman–Crippen MR) is 177 cm³/mol. The molecule has 0 fully saturated rings. The van der Waals surface area contributed by atoms with Crippen molar-refractivity contribution in [2.24, 2.45) is 0 Å². The normalized spacial score (nSPS) is 11.6. The van der Waals surface area contributed by atoms with E-state index >= 15 is 0 Å². The molecule has 0 atom stereocenters. The van der Waals surface area contributed by atoms with Gasteiger partial charge in [0, 0.05) is 24.8 Å². The van der Waals surface area contributed by atoms with E-state index < -0.39 is 9.84 Å². The fraction of sp³-hybridized carbons (Fsp3) is 0. The number of hydrogen-bond acceptors (Lipinski definition) is 10. The Bertz CT molecular complexity index is 2350. The van der Waals surface area contributed by atoms with Gasteiger partial charge in [-0.2, -0.15) is 0 Å². The van der Waals surface area contributed by atoms with E-state index in [0.29, 0.717) is 67.6 Å². The maximum atomic E-state index is 14.1. The first kappa shape index (κ1) is 28.2. The quantitative estimate of drug-likeness (QED) is 0.196. The second-order valence-corrected chi connectivity index (χ2v) is 12.5. The van der Waals surface area contributed by atoms with Gasteiger partial charge in [0.2, 0.25) is 9.84 Å². The zero-order valence-electron chi connectivity index (χ0n) is 24.5. The van der Waals surface area contributed by atoms with Crippen molar-refractivity contribution >= 4 is 31.9 Å². The van der Waals surface area contributed by atoms with Crippen LogP contribution in [-0.4, -0.2) is 48.3 Å². The first-order valence-corrected chi connectivity index (χ1v) is 16.1. The molecule has 224 valence electrons. The number of benzene rings is 2. The SMILES string of the molecule is O=S(=O)(c1ccc2nc(-c3ccccn3)c(-c3ccccn3)nc2c1)c1ccc2nc(-c3ccccn3)c(-c3ccccn3)nc2c1. The van der Waals surface area contributed by atoms with Gasteiger partial charge in [0.1, 0.15) is 22.8 Å². The summed E-state index contributed by atoms with van der Waals surface area (Å²) in [5.74, 6) is 0. The molecule has 0 N–H and O–H groups in total. The second-order valence-electron chi connectivity index (χ2n) is 10.5. The van der Waals surface area contributed by atoms with Crippen LogP contribution in [0.25, 0.3) is 67.6 Å². The number of hydrogen-bond donors (Lipinski definition) is 0. The lowest BCUT2D eigenvalue weighted by Gasteiger charge is -2.12. The van der Waals surface area contributed by atoms with Crippen molar-refractivity contribution in [1.29, 1.82) is 0 Å². The zero-order chi connectivity index (χ0) is 31.8. The molecule has 0 radical (unpaired) electrons. The zero-order valence-corrected chi connectivity index (χ0v) is 25.3. The minimum Gasteiger partial charge on any atom is -0.255 e. The number of rotatable bonds is 6. The van der Waals surface area contributed by atoms with Crippen LogP contribution in [0.1, 0.15) is 0 Å². The van der Waals surface area contributed by atoms with Gasteiger partial charge in [-0.1, -0.05) is 24.3 Å². The van der Waals surface area contributed by atoms with Crippen molar-refractivity contribution < 1.29 is 8.42 Å². The van der Waals surface area contributed by atoms with E-state index in [1.165, 1.54) is 24.3 Å². The Balaban J connectivity index is 1.25. The lowest BCUT2D eigenvalue weighted by molar-refractivity contribution is 0.596. The van der Waals surface area contributed by atoms with Gasteiger partial charge < -0.3 is 0 Å². The summed E-state index contributed by atoms with van der Waals surface area (Å²) in [5, 5.41) is 0. The number of aromatic nitrogens is 8. The van der Waals surface area contributed by atoms with Gasteiger partial charge in [-0.15, -0.1) is 0 Å². The summed E-state index contributed by atoms with van der Waals surface area (Å²) in [5.41, 5.74) is 6.41. The molecule has 0 aliphatic heterocycles. The largest absolute Gasteiger partial charge is 0.255 e. The highest BCUT2D eigenvalue weighted by Crippen LogP contribution is 2.33. The standard InChI is InChI=1S/C36H22N8O2S/c45-47(46,23-13-15-25-31(21-23)43-35(29-11-3-7-19-39-29)33(41-25)27-9-1-5-17-37-27)24-14-16-26-32(22-24)44-36(30-12-4-8-20-40-30)34(42-26)28-10-2-6-18-38-28/h1-22H. The Hall–Kier alpha value is -6.33. The van der Waals surface area contributed by atoms with Gasteiger partial charge in [-0.3, -0.25) is 19.9 Å². The molecular formula is C36H22N8O2S. The topological polar surface area (TPSA) is 137 Å². The molecule has 2 aromatic carbocycles. The molecule has 6 heterocycles. The van der Waals surface area contributed by atoms with Crippen LogP contribution in [0.15, 0.2) is 144 Å². The van der Waals surface area contributed by atoms with Crippen LogP contribution < -0.4 is 0 Å². The summed E-state index contributed by atoms with van der Waals surface area (Å²) >= 11 is 0. The fourth-order valence-electron chi connectivity index (χ4n) is 5.26. The third-order valence-corrected chi connectivity index (χ3v) is 9.27. The minimum absolute atomic E-state index is 0.0687. The first-order chi connectivity index (χ1) is 23.0. The molecule has 8 aromatic rings. The first-order valence-electron chi connectivity index (χ1n) is 14.6. The summed E-state index contributed by atoms with van der Waals surface area (Å²) in [6.07, 6.45) is 6.72. The van der Waals surface area contributed by atoms with Gasteiger partial charge in [-0.05, 0) is 84.9 Å². The van der Waals surface area contributed by atoms with Crippen molar-refractivity contribution in [1.82, 2.24) is 39.9 Å². The molecule has 11 heteroatoms. The molecule has 0 unspecified atom stereocenters. The van der Waals surface area contributed by atoms with Crippen LogP contribution in [0.2, 0.25) is 0 Å². The molecule has 0 amide bonds. The van der Waals surface area contributed by atoms with Crippen LogP contribution in [0.4, 0.5) is 0 Å². The molecule has 0 spiro atoms. The Kier molecular flexibility index (Phi) is 6.92. The Morgan fingerprint density at radius 3 is 0.979 bits per heavy atom. The number of sulfone groups is 1. The Labute approximate surface area is 268 Å². The molecule has 6 aromatic heterocycles. The highest BCUT2D eigenvalue weighted by molar-refractivity contribution is 7.91. The molecule has 0 bridgehead atoms. The molecule has 0 saturated heterocycles. The molecule has 47 heavy (non-hydrogen) atoms. The summed E-state index contributed by atoms with van der Waals surface area (Å²) in [4.78, 5) is 37.4. The average molecular weight is 631 g/mol. The van der Waals surface area contributed by atoms with E-state index in [0.717, 1.165) is 0 Å². The van der Waals surface area contributed by atoms with E-state index in [4.69, 9.17) is 19.9 Å². The second kappa shape index (κ2) is 11.5. The van der Waals surface area contributed by atoms with Crippen LogP contribution in [-0.2, 0) is 9.84 Å². The number of nitrogens with zero attached hydrogens (tertiary/aromatic N) is 8. The van der Waals surface area contributed by atoms with Crippen LogP contribution >= 0.6 is 0 Å². The van der Waals surface area contributed by atoms with E-state index in [-0.39, 0.29) is 9.79 Å². The van der Waals surface area contributed by atoms with E-state index in [1.807, 2.05) is 72.8 Å². The van der Waals surface area contributed by atoms with Crippen molar-refractivity contribution in [3.63, 3.8) is 0 Å². The fourth-order valence-corrected chi connectivity index (χ4v) is 6.56.